The number of esters is 2. The van der Waals surface area contributed by atoms with Crippen molar-refractivity contribution in [1.29, 1.82) is 0 Å². The Morgan fingerprint density at radius 2 is 1.81 bits per heavy atom. The van der Waals surface area contributed by atoms with E-state index >= 15 is 0 Å². The van der Waals surface area contributed by atoms with E-state index in [4.69, 9.17) is 9.47 Å². The molecule has 114 valence electrons. The molecule has 7 heteroatoms. The van der Waals surface area contributed by atoms with Gasteiger partial charge >= 0.3 is 11.9 Å². The van der Waals surface area contributed by atoms with E-state index in [-0.39, 0.29) is 12.4 Å². The minimum atomic E-state index is -0.437. The highest BCUT2D eigenvalue weighted by atomic mass is 32.2. The van der Waals surface area contributed by atoms with E-state index in [1.807, 2.05) is 0 Å². The first-order valence-electron chi connectivity index (χ1n) is 6.28. The number of hydrogen-bond donors (Lipinski definition) is 1. The van der Waals surface area contributed by atoms with Crippen molar-refractivity contribution in [2.75, 3.05) is 30.5 Å². The average Bonchev–Trinajstić information content (AvgIpc) is 2.46. The van der Waals surface area contributed by atoms with E-state index < -0.39 is 17.8 Å². The molecule has 0 saturated carbocycles. The highest BCUT2D eigenvalue weighted by Crippen LogP contribution is 2.10. The standard InChI is InChI=1S/C14H17NO5S/c1-3-19-14(18)10-4-6-11(7-5-10)15-12(16)8-20-13(17)9-21-2/h4-7H,3,8-9H2,1-2H3,(H,15,16). The number of carbonyl (C=O) groups excluding carboxylic acids is 3. The Kier molecular flexibility index (Phi) is 7.31. The molecule has 1 aromatic rings. The van der Waals surface area contributed by atoms with Crippen LogP contribution in [0.25, 0.3) is 0 Å². The van der Waals surface area contributed by atoms with Gasteiger partial charge in [-0.05, 0) is 37.4 Å². The lowest BCUT2D eigenvalue weighted by molar-refractivity contribution is -0.144. The second-order valence-corrected chi connectivity index (χ2v) is 4.81. The second-order valence-electron chi connectivity index (χ2n) is 3.94. The van der Waals surface area contributed by atoms with Gasteiger partial charge in [0.05, 0.1) is 17.9 Å². The van der Waals surface area contributed by atoms with Gasteiger partial charge in [-0.3, -0.25) is 9.59 Å². The first-order chi connectivity index (χ1) is 10.1. The van der Waals surface area contributed by atoms with Crippen LogP contribution in [0.4, 0.5) is 5.69 Å². The number of thioether (sulfide) groups is 1. The highest BCUT2D eigenvalue weighted by molar-refractivity contribution is 7.99. The Morgan fingerprint density at radius 1 is 1.14 bits per heavy atom. The van der Waals surface area contributed by atoms with Crippen LogP contribution in [0.1, 0.15) is 17.3 Å². The lowest BCUT2D eigenvalue weighted by Gasteiger charge is -2.07. The van der Waals surface area contributed by atoms with Crippen molar-refractivity contribution < 1.29 is 23.9 Å². The zero-order chi connectivity index (χ0) is 15.7. The molecule has 1 amide bonds. The van der Waals surface area contributed by atoms with Gasteiger partial charge in [-0.2, -0.15) is 11.8 Å². The number of anilines is 1. The summed E-state index contributed by atoms with van der Waals surface area (Å²) in [4.78, 5) is 34.1. The predicted molar refractivity (Wildman–Crippen MR) is 80.4 cm³/mol. The molecule has 0 aromatic heterocycles. The van der Waals surface area contributed by atoms with Crippen molar-refractivity contribution in [3.05, 3.63) is 29.8 Å². The molecule has 0 unspecified atom stereocenters. The quantitative estimate of drug-likeness (QED) is 0.772. The Balaban J connectivity index is 2.46. The van der Waals surface area contributed by atoms with Gasteiger partial charge in [-0.15, -0.1) is 0 Å². The summed E-state index contributed by atoms with van der Waals surface area (Å²) in [5, 5.41) is 2.56. The number of ether oxygens (including phenoxy) is 2. The summed E-state index contributed by atoms with van der Waals surface area (Å²) in [5.41, 5.74) is 0.912. The molecule has 0 atom stereocenters. The summed E-state index contributed by atoms with van der Waals surface area (Å²) >= 11 is 1.32. The van der Waals surface area contributed by atoms with Crippen LogP contribution in [0.2, 0.25) is 0 Å². The van der Waals surface area contributed by atoms with Crippen LogP contribution in [0.5, 0.6) is 0 Å². The topological polar surface area (TPSA) is 81.7 Å². The van der Waals surface area contributed by atoms with Crippen LogP contribution >= 0.6 is 11.8 Å². The zero-order valence-electron chi connectivity index (χ0n) is 11.9. The first kappa shape index (κ1) is 17.0. The van der Waals surface area contributed by atoms with E-state index in [0.29, 0.717) is 17.9 Å². The fourth-order valence-corrected chi connectivity index (χ4v) is 1.73. The van der Waals surface area contributed by atoms with Gasteiger partial charge < -0.3 is 14.8 Å². The zero-order valence-corrected chi connectivity index (χ0v) is 12.7. The molecule has 1 rings (SSSR count). The molecule has 0 radical (unpaired) electrons. The number of hydrogen-bond acceptors (Lipinski definition) is 6. The Bertz CT molecular complexity index is 501. The monoisotopic (exact) mass is 311 g/mol. The van der Waals surface area contributed by atoms with Gasteiger partial charge in [-0.1, -0.05) is 0 Å². The maximum Gasteiger partial charge on any atom is 0.338 e. The molecule has 0 aliphatic rings. The molecule has 0 spiro atoms. The number of amides is 1. The van der Waals surface area contributed by atoms with Gasteiger partial charge in [0.25, 0.3) is 5.91 Å². The third-order valence-electron chi connectivity index (χ3n) is 2.31. The summed E-state index contributed by atoms with van der Waals surface area (Å²) in [5.74, 6) is -1.08. The smallest absolute Gasteiger partial charge is 0.338 e. The lowest BCUT2D eigenvalue weighted by atomic mass is 10.2. The van der Waals surface area contributed by atoms with Gasteiger partial charge in [0.1, 0.15) is 0 Å². The van der Waals surface area contributed by atoms with E-state index in [2.05, 4.69) is 5.32 Å². The van der Waals surface area contributed by atoms with Crippen LogP contribution in [0.15, 0.2) is 24.3 Å². The lowest BCUT2D eigenvalue weighted by Crippen LogP contribution is -2.21. The minimum absolute atomic E-state index is 0.210. The first-order valence-corrected chi connectivity index (χ1v) is 7.67. The van der Waals surface area contributed by atoms with E-state index in [0.717, 1.165) is 0 Å². The molecule has 0 aliphatic heterocycles. The molecule has 0 bridgehead atoms. The van der Waals surface area contributed by atoms with Crippen LogP contribution in [-0.4, -0.2) is 43.1 Å². The third kappa shape index (κ3) is 6.31. The average molecular weight is 311 g/mol. The van der Waals surface area contributed by atoms with Crippen molar-refractivity contribution in [2.45, 2.75) is 6.92 Å². The maximum atomic E-state index is 11.6. The molecule has 6 nitrogen and oxygen atoms in total. The van der Waals surface area contributed by atoms with Crippen molar-refractivity contribution in [3.63, 3.8) is 0 Å². The Labute approximate surface area is 127 Å². The second kappa shape index (κ2) is 9.02. The summed E-state index contributed by atoms with van der Waals surface area (Å²) in [7, 11) is 0. The third-order valence-corrected chi connectivity index (χ3v) is 2.83. The molecule has 0 fully saturated rings. The minimum Gasteiger partial charge on any atom is -0.462 e. The van der Waals surface area contributed by atoms with E-state index in [9.17, 15) is 14.4 Å². The van der Waals surface area contributed by atoms with Crippen molar-refractivity contribution in [1.82, 2.24) is 0 Å². The highest BCUT2D eigenvalue weighted by Gasteiger charge is 2.09. The molecule has 21 heavy (non-hydrogen) atoms. The molecular weight excluding hydrogens is 294 g/mol. The fraction of sp³-hybridized carbons (Fsp3) is 0.357. The largest absolute Gasteiger partial charge is 0.462 e. The molecule has 1 N–H and O–H groups in total. The fourth-order valence-electron chi connectivity index (χ4n) is 1.41. The number of rotatable bonds is 7. The van der Waals surface area contributed by atoms with Crippen molar-refractivity contribution >= 4 is 35.3 Å². The number of benzene rings is 1. The number of nitrogens with one attached hydrogen (secondary N) is 1. The van der Waals surface area contributed by atoms with E-state index in [1.165, 1.54) is 11.8 Å². The summed E-state index contributed by atoms with van der Waals surface area (Å²) in [6, 6.07) is 6.25. The van der Waals surface area contributed by atoms with Gasteiger partial charge in [0.15, 0.2) is 6.61 Å². The van der Waals surface area contributed by atoms with Gasteiger partial charge in [0, 0.05) is 5.69 Å². The van der Waals surface area contributed by atoms with Gasteiger partial charge in [-0.25, -0.2) is 4.79 Å². The van der Waals surface area contributed by atoms with Crippen LogP contribution in [0, 0.1) is 0 Å². The maximum absolute atomic E-state index is 11.6. The van der Waals surface area contributed by atoms with Gasteiger partial charge in [0.2, 0.25) is 0 Å². The van der Waals surface area contributed by atoms with Crippen LogP contribution < -0.4 is 5.32 Å². The summed E-state index contributed by atoms with van der Waals surface area (Å²) in [6.45, 7) is 1.70. The molecular formula is C14H17NO5S. The molecule has 1 aromatic carbocycles. The SMILES string of the molecule is CCOC(=O)c1ccc(NC(=O)COC(=O)CSC)cc1. The summed E-state index contributed by atoms with van der Waals surface area (Å²) < 4.78 is 9.62. The predicted octanol–water partition coefficient (Wildman–Crippen LogP) is 1.71. The normalized spacial score (nSPS) is 9.81. The molecule has 0 aliphatic carbocycles. The summed E-state index contributed by atoms with van der Waals surface area (Å²) in [6.07, 6.45) is 1.77. The van der Waals surface area contributed by atoms with E-state index in [1.54, 1.807) is 37.4 Å². The Morgan fingerprint density at radius 3 is 2.38 bits per heavy atom. The van der Waals surface area contributed by atoms with Crippen LogP contribution in [0.3, 0.4) is 0 Å². The van der Waals surface area contributed by atoms with Crippen molar-refractivity contribution in [2.24, 2.45) is 0 Å². The van der Waals surface area contributed by atoms with Crippen LogP contribution in [-0.2, 0) is 19.1 Å². The molecule has 0 heterocycles. The van der Waals surface area contributed by atoms with Crippen molar-refractivity contribution in [3.8, 4) is 0 Å². The molecule has 0 saturated heterocycles. The number of carbonyl (C=O) groups is 3. The Hall–Kier alpha value is -2.02.